The number of halogens is 1. The van der Waals surface area contributed by atoms with Crippen molar-refractivity contribution in [3.8, 4) is 0 Å². The lowest BCUT2D eigenvalue weighted by Crippen LogP contribution is -2.22. The van der Waals surface area contributed by atoms with E-state index in [0.29, 0.717) is 0 Å². The summed E-state index contributed by atoms with van der Waals surface area (Å²) in [6.07, 6.45) is 0. The molecule has 0 heterocycles. The molecule has 0 aliphatic carbocycles. The third kappa shape index (κ3) is 4.20. The van der Waals surface area contributed by atoms with Crippen LogP contribution in [0.4, 0.5) is 10.1 Å². The van der Waals surface area contributed by atoms with Crippen LogP contribution >= 0.6 is 0 Å². The molecule has 1 aromatic rings. The molecular formula is C12H16FNO4S. The maximum atomic E-state index is 13.0. The summed E-state index contributed by atoms with van der Waals surface area (Å²) in [5.41, 5.74) is 5.48. The number of hydrogen-bond acceptors (Lipinski definition) is 5. The topological polar surface area (TPSA) is 86.5 Å². The monoisotopic (exact) mass is 289 g/mol. The first-order valence-electron chi connectivity index (χ1n) is 5.68. The zero-order valence-corrected chi connectivity index (χ0v) is 11.5. The van der Waals surface area contributed by atoms with Crippen LogP contribution in [0.1, 0.15) is 24.2 Å². The quantitative estimate of drug-likeness (QED) is 0.654. The normalized spacial score (nSPS) is 11.6. The minimum Gasteiger partial charge on any atom is -0.461 e. The van der Waals surface area contributed by atoms with Crippen molar-refractivity contribution in [1.82, 2.24) is 0 Å². The lowest BCUT2D eigenvalue weighted by Gasteiger charge is -2.09. The summed E-state index contributed by atoms with van der Waals surface area (Å²) in [6, 6.07) is 3.32. The molecule has 0 saturated carbocycles. The van der Waals surface area contributed by atoms with Gasteiger partial charge in [0, 0.05) is 5.69 Å². The second-order valence-electron chi connectivity index (χ2n) is 4.28. The van der Waals surface area contributed by atoms with Crippen LogP contribution in [-0.4, -0.2) is 32.0 Å². The van der Waals surface area contributed by atoms with Gasteiger partial charge in [-0.25, -0.2) is 17.6 Å². The number of anilines is 1. The molecule has 0 aromatic heterocycles. The second-order valence-corrected chi connectivity index (χ2v) is 6.96. The Kier molecular flexibility index (Phi) is 4.88. The fourth-order valence-electron chi connectivity index (χ4n) is 1.27. The summed E-state index contributed by atoms with van der Waals surface area (Å²) in [5, 5.41) is -0.537. The molecule has 0 atom stereocenters. The van der Waals surface area contributed by atoms with Crippen molar-refractivity contribution in [2.45, 2.75) is 19.1 Å². The van der Waals surface area contributed by atoms with Crippen molar-refractivity contribution in [2.75, 3.05) is 18.1 Å². The van der Waals surface area contributed by atoms with Crippen LogP contribution in [0.3, 0.4) is 0 Å². The molecule has 0 unspecified atom stereocenters. The molecule has 0 bridgehead atoms. The highest BCUT2D eigenvalue weighted by atomic mass is 32.2. The number of nitrogen functional groups attached to an aromatic ring is 1. The van der Waals surface area contributed by atoms with E-state index in [1.807, 2.05) is 0 Å². The summed E-state index contributed by atoms with van der Waals surface area (Å²) >= 11 is 0. The molecule has 7 heteroatoms. The molecule has 0 radical (unpaired) electrons. The number of carbonyl (C=O) groups excluding carboxylic acids is 1. The van der Waals surface area contributed by atoms with Gasteiger partial charge in [0.15, 0.2) is 9.84 Å². The highest BCUT2D eigenvalue weighted by Gasteiger charge is 2.18. The highest BCUT2D eigenvalue weighted by Crippen LogP contribution is 2.14. The van der Waals surface area contributed by atoms with Crippen LogP contribution in [0.2, 0.25) is 0 Å². The van der Waals surface area contributed by atoms with E-state index in [-0.39, 0.29) is 23.6 Å². The maximum absolute atomic E-state index is 13.0. The van der Waals surface area contributed by atoms with Crippen LogP contribution in [0, 0.1) is 5.82 Å². The summed E-state index contributed by atoms with van der Waals surface area (Å²) in [7, 11) is -3.28. The van der Waals surface area contributed by atoms with Gasteiger partial charge in [0.05, 0.1) is 16.6 Å². The van der Waals surface area contributed by atoms with Gasteiger partial charge < -0.3 is 10.5 Å². The molecule has 2 N–H and O–H groups in total. The van der Waals surface area contributed by atoms with Gasteiger partial charge >= 0.3 is 5.97 Å². The molecule has 0 saturated heterocycles. The van der Waals surface area contributed by atoms with Crippen molar-refractivity contribution in [2.24, 2.45) is 0 Å². The first-order chi connectivity index (χ1) is 8.74. The van der Waals surface area contributed by atoms with E-state index < -0.39 is 26.9 Å². The minimum absolute atomic E-state index is 0.0816. The number of rotatable bonds is 5. The number of ether oxygens (including phenoxy) is 1. The Morgan fingerprint density at radius 2 is 2.05 bits per heavy atom. The zero-order chi connectivity index (χ0) is 14.6. The van der Waals surface area contributed by atoms with E-state index in [2.05, 4.69) is 0 Å². The molecule has 1 aromatic carbocycles. The Bertz CT molecular complexity index is 569. The number of nitrogens with two attached hydrogens (primary N) is 1. The van der Waals surface area contributed by atoms with Gasteiger partial charge in [-0.15, -0.1) is 0 Å². The standard InChI is InChI=1S/C12H16FNO4S/c1-8(2)19(16,17)6-5-18-12(15)10-7-9(13)3-4-11(10)14/h3-4,7-8H,5-6,14H2,1-2H3. The first-order valence-corrected chi connectivity index (χ1v) is 7.39. The third-order valence-corrected chi connectivity index (χ3v) is 4.73. The molecule has 0 aliphatic rings. The fraction of sp³-hybridized carbons (Fsp3) is 0.417. The number of hydrogen-bond donors (Lipinski definition) is 1. The average Bonchev–Trinajstić information content (AvgIpc) is 2.31. The van der Waals surface area contributed by atoms with Gasteiger partial charge in [0.25, 0.3) is 0 Å². The van der Waals surface area contributed by atoms with Crippen molar-refractivity contribution < 1.29 is 22.3 Å². The van der Waals surface area contributed by atoms with Gasteiger partial charge in [-0.1, -0.05) is 0 Å². The molecule has 0 fully saturated rings. The van der Waals surface area contributed by atoms with Crippen molar-refractivity contribution in [3.05, 3.63) is 29.6 Å². The molecule has 19 heavy (non-hydrogen) atoms. The molecular weight excluding hydrogens is 273 g/mol. The van der Waals surface area contributed by atoms with E-state index in [9.17, 15) is 17.6 Å². The second kappa shape index (κ2) is 6.01. The first kappa shape index (κ1) is 15.4. The Labute approximate surface area is 111 Å². The Balaban J connectivity index is 2.64. The Hall–Kier alpha value is -1.63. The molecule has 5 nitrogen and oxygen atoms in total. The van der Waals surface area contributed by atoms with Crippen LogP contribution < -0.4 is 5.73 Å². The summed E-state index contributed by atoms with van der Waals surface area (Å²) in [6.45, 7) is 2.80. The summed E-state index contributed by atoms with van der Waals surface area (Å²) in [5.74, 6) is -1.72. The number of esters is 1. The molecule has 0 amide bonds. The SMILES string of the molecule is CC(C)S(=O)(=O)CCOC(=O)c1cc(F)ccc1N. The van der Waals surface area contributed by atoms with Crippen LogP contribution in [0.25, 0.3) is 0 Å². The smallest absolute Gasteiger partial charge is 0.340 e. The molecule has 0 aliphatic heterocycles. The molecule has 106 valence electrons. The van der Waals surface area contributed by atoms with Crippen LogP contribution in [0.5, 0.6) is 0 Å². The van der Waals surface area contributed by atoms with Crippen molar-refractivity contribution in [3.63, 3.8) is 0 Å². The average molecular weight is 289 g/mol. The van der Waals surface area contributed by atoms with Gasteiger partial charge in [-0.3, -0.25) is 0 Å². The van der Waals surface area contributed by atoms with E-state index in [1.165, 1.54) is 6.07 Å². The van der Waals surface area contributed by atoms with E-state index >= 15 is 0 Å². The zero-order valence-electron chi connectivity index (χ0n) is 10.7. The van der Waals surface area contributed by atoms with Gasteiger partial charge in [-0.2, -0.15) is 0 Å². The van der Waals surface area contributed by atoms with E-state index in [4.69, 9.17) is 10.5 Å². The number of sulfone groups is 1. The number of benzene rings is 1. The molecule has 1 rings (SSSR count). The van der Waals surface area contributed by atoms with Crippen molar-refractivity contribution in [1.29, 1.82) is 0 Å². The van der Waals surface area contributed by atoms with Gasteiger partial charge in [0.1, 0.15) is 12.4 Å². The summed E-state index contributed by atoms with van der Waals surface area (Å²) < 4.78 is 40.7. The minimum atomic E-state index is -3.28. The van der Waals surface area contributed by atoms with Gasteiger partial charge in [-0.05, 0) is 32.0 Å². The Morgan fingerprint density at radius 3 is 2.63 bits per heavy atom. The maximum Gasteiger partial charge on any atom is 0.340 e. The largest absolute Gasteiger partial charge is 0.461 e. The van der Waals surface area contributed by atoms with E-state index in [1.54, 1.807) is 13.8 Å². The summed E-state index contributed by atoms with van der Waals surface area (Å²) in [4.78, 5) is 11.6. The van der Waals surface area contributed by atoms with Gasteiger partial charge in [0.2, 0.25) is 0 Å². The number of carbonyl (C=O) groups is 1. The van der Waals surface area contributed by atoms with Crippen LogP contribution in [-0.2, 0) is 14.6 Å². The Morgan fingerprint density at radius 1 is 1.42 bits per heavy atom. The lowest BCUT2D eigenvalue weighted by molar-refractivity contribution is 0.0530. The fourth-order valence-corrected chi connectivity index (χ4v) is 2.06. The van der Waals surface area contributed by atoms with Crippen LogP contribution in [0.15, 0.2) is 18.2 Å². The predicted molar refractivity (Wildman–Crippen MR) is 70.0 cm³/mol. The van der Waals surface area contributed by atoms with E-state index in [0.717, 1.165) is 12.1 Å². The van der Waals surface area contributed by atoms with Crippen molar-refractivity contribution >= 4 is 21.5 Å². The lowest BCUT2D eigenvalue weighted by atomic mass is 10.2. The molecule has 0 spiro atoms. The third-order valence-electron chi connectivity index (χ3n) is 2.55. The predicted octanol–water partition coefficient (Wildman–Crippen LogP) is 1.39. The highest BCUT2D eigenvalue weighted by molar-refractivity contribution is 7.91.